The summed E-state index contributed by atoms with van der Waals surface area (Å²) in [7, 11) is 8.28. The molecule has 0 amide bonds. The molecule has 5 nitrogen and oxygen atoms in total. The number of hydrogen-bond donors (Lipinski definition) is 1. The second-order valence-electron chi connectivity index (χ2n) is 9.06. The molecule has 0 saturated heterocycles. The molecular formula is C24H28FNO4P3S-. The van der Waals surface area contributed by atoms with Crippen molar-refractivity contribution in [3.8, 4) is 0 Å². The van der Waals surface area contributed by atoms with E-state index >= 15 is 0 Å². The molecule has 0 aliphatic heterocycles. The second-order valence-corrected chi connectivity index (χ2v) is 14.8. The smallest absolute Gasteiger partial charge is 0.304 e. The third-order valence-corrected chi connectivity index (χ3v) is 8.18. The Hall–Kier alpha value is -1.22. The van der Waals surface area contributed by atoms with E-state index in [-0.39, 0.29) is 28.8 Å². The number of aliphatic carboxylic acids is 1. The van der Waals surface area contributed by atoms with Crippen LogP contribution in [0.2, 0.25) is 0 Å². The Morgan fingerprint density at radius 1 is 1.29 bits per heavy atom. The minimum Gasteiger partial charge on any atom is -0.772 e. The highest BCUT2D eigenvalue weighted by molar-refractivity contribution is 7.78. The molecule has 182 valence electrons. The fraction of sp³-hybridized carbons (Fsp3) is 0.375. The molecule has 0 spiro atoms. The molecule has 4 rings (SSSR count). The van der Waals surface area contributed by atoms with Crippen LogP contribution >= 0.6 is 27.7 Å². The molecule has 1 aromatic heterocycles. The first-order chi connectivity index (χ1) is 16.0. The molecule has 0 fully saturated rings. The van der Waals surface area contributed by atoms with Crippen LogP contribution in [0.1, 0.15) is 66.1 Å². The lowest BCUT2D eigenvalue weighted by molar-refractivity contribution is -0.137. The Labute approximate surface area is 208 Å². The first kappa shape index (κ1) is 25.9. The SMILES string of the molecule is C[C@@H](c1ccc(C(P)(P)P)cc1)n1c2c(c3cc(F)cc(CS(=O)[O-])c31)CCC[C@@H]2CC(=O)O. The average Bonchev–Trinajstić information content (AvgIpc) is 3.07. The number of nitrogens with zero attached hydrogens (tertiary/aromatic N) is 1. The van der Waals surface area contributed by atoms with Crippen LogP contribution in [0.5, 0.6) is 0 Å². The largest absolute Gasteiger partial charge is 0.772 e. The van der Waals surface area contributed by atoms with Crippen molar-refractivity contribution in [2.45, 2.75) is 55.0 Å². The lowest BCUT2D eigenvalue weighted by atomic mass is 9.84. The maximum absolute atomic E-state index is 14.6. The van der Waals surface area contributed by atoms with Gasteiger partial charge in [0.2, 0.25) is 0 Å². The van der Waals surface area contributed by atoms with Gasteiger partial charge in [0.25, 0.3) is 0 Å². The molecule has 6 atom stereocenters. The van der Waals surface area contributed by atoms with Crippen LogP contribution in [0.3, 0.4) is 0 Å². The summed E-state index contributed by atoms with van der Waals surface area (Å²) in [5.74, 6) is -1.88. The van der Waals surface area contributed by atoms with Gasteiger partial charge in [0.1, 0.15) is 5.82 Å². The van der Waals surface area contributed by atoms with Crippen LogP contribution in [0.25, 0.3) is 10.9 Å². The number of carbonyl (C=O) groups is 1. The minimum absolute atomic E-state index is 0.0179. The van der Waals surface area contributed by atoms with E-state index in [0.717, 1.165) is 35.2 Å². The number of aryl methyl sites for hydroxylation is 1. The van der Waals surface area contributed by atoms with E-state index in [4.69, 9.17) is 0 Å². The van der Waals surface area contributed by atoms with Crippen LogP contribution < -0.4 is 0 Å². The summed E-state index contributed by atoms with van der Waals surface area (Å²) in [4.78, 5) is 11.7. The number of halogens is 1. The van der Waals surface area contributed by atoms with E-state index < -0.39 is 22.9 Å². The molecule has 34 heavy (non-hydrogen) atoms. The van der Waals surface area contributed by atoms with E-state index in [0.29, 0.717) is 22.9 Å². The Kier molecular flexibility index (Phi) is 7.63. The number of carboxylic acids is 1. The van der Waals surface area contributed by atoms with Gasteiger partial charge in [-0.25, -0.2) is 4.39 Å². The van der Waals surface area contributed by atoms with Crippen LogP contribution in [-0.4, -0.2) is 24.4 Å². The first-order valence-electron chi connectivity index (χ1n) is 11.1. The molecular weight excluding hydrogens is 510 g/mol. The van der Waals surface area contributed by atoms with E-state index in [1.807, 2.05) is 31.2 Å². The van der Waals surface area contributed by atoms with E-state index in [2.05, 4.69) is 32.3 Å². The minimum atomic E-state index is -2.39. The standard InChI is InChI=1S/C24H29FNO4P3S/c1-13(14-5-7-17(8-6-14)24(31,32)33)26-22-15(10-21(27)28)3-2-4-19(22)20-11-18(25)9-16(23(20)26)12-34(29)30/h5-9,11,13,15H,2-4,10,12,31-33H2,1H3,(H,27,28)(H,29,30)/p-1/t13-,15+/m0/s1. The molecule has 0 radical (unpaired) electrons. The number of aromatic nitrogens is 1. The van der Waals surface area contributed by atoms with Crippen LogP contribution in [0.15, 0.2) is 36.4 Å². The summed E-state index contributed by atoms with van der Waals surface area (Å²) in [6.07, 6.45) is 2.23. The number of fused-ring (bicyclic) bond motifs is 3. The van der Waals surface area contributed by atoms with Crippen molar-refractivity contribution < 1.29 is 23.1 Å². The Balaban J connectivity index is 1.98. The van der Waals surface area contributed by atoms with Crippen molar-refractivity contribution in [2.24, 2.45) is 0 Å². The van der Waals surface area contributed by atoms with Gasteiger partial charge in [-0.05, 0) is 60.6 Å². The van der Waals surface area contributed by atoms with Crippen molar-refractivity contribution in [1.82, 2.24) is 4.57 Å². The number of rotatable bonds is 7. The average molecular weight is 538 g/mol. The van der Waals surface area contributed by atoms with Crippen LogP contribution in [0, 0.1) is 5.82 Å². The summed E-state index contributed by atoms with van der Waals surface area (Å²) in [6, 6.07) is 10.7. The van der Waals surface area contributed by atoms with E-state index in [1.165, 1.54) is 12.1 Å². The van der Waals surface area contributed by atoms with E-state index in [1.54, 1.807) is 0 Å². The van der Waals surface area contributed by atoms with Crippen molar-refractivity contribution in [1.29, 1.82) is 0 Å². The number of benzene rings is 2. The van der Waals surface area contributed by atoms with Crippen molar-refractivity contribution in [3.63, 3.8) is 0 Å². The molecule has 0 bridgehead atoms. The zero-order valence-corrected chi connectivity index (χ0v) is 23.1. The van der Waals surface area contributed by atoms with Crippen LogP contribution in [0.4, 0.5) is 4.39 Å². The van der Waals surface area contributed by atoms with Crippen molar-refractivity contribution in [3.05, 3.63) is 70.2 Å². The van der Waals surface area contributed by atoms with Gasteiger partial charge in [-0.2, -0.15) is 0 Å². The Bertz CT molecular complexity index is 1270. The fourth-order valence-electron chi connectivity index (χ4n) is 5.19. The van der Waals surface area contributed by atoms with Crippen molar-refractivity contribution in [2.75, 3.05) is 0 Å². The summed E-state index contributed by atoms with van der Waals surface area (Å²) >= 11 is -2.39. The number of carboxylic acid groups (broad SMARTS) is 1. The lowest BCUT2D eigenvalue weighted by Crippen LogP contribution is -2.20. The highest BCUT2D eigenvalue weighted by Gasteiger charge is 2.32. The Morgan fingerprint density at radius 3 is 2.56 bits per heavy atom. The Morgan fingerprint density at radius 2 is 1.97 bits per heavy atom. The van der Waals surface area contributed by atoms with Gasteiger partial charge in [0.15, 0.2) is 0 Å². The molecule has 2 aromatic carbocycles. The van der Waals surface area contributed by atoms with Gasteiger partial charge in [0.05, 0.1) is 18.0 Å². The third-order valence-electron chi connectivity index (χ3n) is 6.63. The topological polar surface area (TPSA) is 82.4 Å². The summed E-state index contributed by atoms with van der Waals surface area (Å²) < 4.78 is 39.7. The van der Waals surface area contributed by atoms with Crippen LogP contribution in [-0.2, 0) is 32.7 Å². The molecule has 1 heterocycles. The highest BCUT2D eigenvalue weighted by Crippen LogP contribution is 2.46. The van der Waals surface area contributed by atoms with E-state index in [9.17, 15) is 23.1 Å². The molecule has 10 heteroatoms. The summed E-state index contributed by atoms with van der Waals surface area (Å²) in [5, 5.41) is 10.3. The number of hydrogen-bond acceptors (Lipinski definition) is 3. The predicted molar refractivity (Wildman–Crippen MR) is 144 cm³/mol. The summed E-state index contributed by atoms with van der Waals surface area (Å²) in [5.41, 5.74) is 5.01. The monoisotopic (exact) mass is 538 g/mol. The normalized spacial score (nSPS) is 18.0. The summed E-state index contributed by atoms with van der Waals surface area (Å²) in [6.45, 7) is 2.03. The van der Waals surface area contributed by atoms with Crippen molar-refractivity contribution >= 4 is 55.7 Å². The molecule has 4 unspecified atom stereocenters. The van der Waals surface area contributed by atoms with Gasteiger partial charge < -0.3 is 14.2 Å². The molecule has 0 saturated carbocycles. The lowest BCUT2D eigenvalue weighted by Gasteiger charge is -2.28. The maximum atomic E-state index is 14.6. The maximum Gasteiger partial charge on any atom is 0.304 e. The zero-order chi connectivity index (χ0) is 24.8. The van der Waals surface area contributed by atoms with Gasteiger partial charge in [0, 0.05) is 27.4 Å². The van der Waals surface area contributed by atoms with Gasteiger partial charge >= 0.3 is 5.97 Å². The second kappa shape index (κ2) is 10.0. The zero-order valence-electron chi connectivity index (χ0n) is 18.8. The first-order valence-corrected chi connectivity index (χ1v) is 14.0. The third kappa shape index (κ3) is 5.15. The fourth-order valence-corrected chi connectivity index (χ4v) is 6.24. The van der Waals surface area contributed by atoms with Gasteiger partial charge in [-0.1, -0.05) is 35.3 Å². The molecule has 1 aliphatic carbocycles. The predicted octanol–water partition coefficient (Wildman–Crippen LogP) is 5.40. The molecule has 1 N–H and O–H groups in total. The molecule has 1 aliphatic rings. The highest BCUT2D eigenvalue weighted by atomic mass is 32.2. The molecule has 3 aromatic rings. The van der Waals surface area contributed by atoms with Gasteiger partial charge in [-0.3, -0.25) is 9.00 Å². The quantitative estimate of drug-likeness (QED) is 0.323. The van der Waals surface area contributed by atoms with Gasteiger partial charge in [-0.15, -0.1) is 27.7 Å².